The monoisotopic (exact) mass is 688 g/mol. The van der Waals surface area contributed by atoms with E-state index < -0.39 is 0 Å². The molecule has 0 atom stereocenters. The van der Waals surface area contributed by atoms with Gasteiger partial charge in [-0.15, -0.1) is 0 Å². The van der Waals surface area contributed by atoms with Gasteiger partial charge in [-0.2, -0.15) is 0 Å². The summed E-state index contributed by atoms with van der Waals surface area (Å²) in [6, 6.07) is 68.9. The molecule has 4 nitrogen and oxygen atoms in total. The van der Waals surface area contributed by atoms with Crippen molar-refractivity contribution in [3.05, 3.63) is 194 Å². The number of nitrogens with zero attached hydrogens (tertiary/aromatic N) is 4. The SMILES string of the molecule is c1ccc(-c2nc3ccc(-c4ccc(-n5c6ccccc6c6cc7c8ccccc8n(-c8ccccc8)c7cc65)cc4)cc3nc2-c2ccccc2)cc1. The molecule has 0 aliphatic heterocycles. The number of hydrogen-bond donors (Lipinski definition) is 0. The van der Waals surface area contributed by atoms with Gasteiger partial charge < -0.3 is 9.13 Å². The molecule has 252 valence electrons. The molecule has 11 aromatic rings. The van der Waals surface area contributed by atoms with Gasteiger partial charge >= 0.3 is 0 Å². The van der Waals surface area contributed by atoms with Crippen LogP contribution in [-0.4, -0.2) is 19.1 Å². The lowest BCUT2D eigenvalue weighted by Gasteiger charge is -2.12. The summed E-state index contributed by atoms with van der Waals surface area (Å²) >= 11 is 0. The average molecular weight is 689 g/mol. The molecule has 0 spiro atoms. The van der Waals surface area contributed by atoms with E-state index in [0.29, 0.717) is 0 Å². The van der Waals surface area contributed by atoms with Crippen molar-refractivity contribution < 1.29 is 0 Å². The molecule has 0 aliphatic rings. The highest BCUT2D eigenvalue weighted by molar-refractivity contribution is 6.19. The van der Waals surface area contributed by atoms with E-state index in [9.17, 15) is 0 Å². The molecule has 54 heavy (non-hydrogen) atoms. The second-order valence-electron chi connectivity index (χ2n) is 13.8. The van der Waals surface area contributed by atoms with Crippen LogP contribution in [-0.2, 0) is 0 Å². The summed E-state index contributed by atoms with van der Waals surface area (Å²) in [5, 5.41) is 5.00. The van der Waals surface area contributed by atoms with Crippen LogP contribution in [0.4, 0.5) is 0 Å². The quantitative estimate of drug-likeness (QED) is 0.180. The zero-order valence-corrected chi connectivity index (χ0v) is 29.3. The maximum Gasteiger partial charge on any atom is 0.0973 e. The van der Waals surface area contributed by atoms with Gasteiger partial charge in [0.25, 0.3) is 0 Å². The smallest absolute Gasteiger partial charge is 0.0973 e. The first-order chi connectivity index (χ1) is 26.8. The minimum atomic E-state index is 0.871. The van der Waals surface area contributed by atoms with Gasteiger partial charge in [0.15, 0.2) is 0 Å². The van der Waals surface area contributed by atoms with E-state index in [-0.39, 0.29) is 0 Å². The Hall–Kier alpha value is -7.30. The molecule has 0 radical (unpaired) electrons. The van der Waals surface area contributed by atoms with Gasteiger partial charge in [-0.25, -0.2) is 9.97 Å². The summed E-state index contributed by atoms with van der Waals surface area (Å²) in [5.74, 6) is 0. The lowest BCUT2D eigenvalue weighted by Crippen LogP contribution is -1.96. The number of aromatic nitrogens is 4. The Bertz CT molecular complexity index is 3180. The van der Waals surface area contributed by atoms with E-state index in [4.69, 9.17) is 9.97 Å². The molecule has 0 saturated carbocycles. The molecular formula is C50H32N4. The molecule has 3 heterocycles. The minimum absolute atomic E-state index is 0.871. The van der Waals surface area contributed by atoms with Gasteiger partial charge in [-0.1, -0.05) is 133 Å². The molecule has 0 aliphatic carbocycles. The van der Waals surface area contributed by atoms with Gasteiger partial charge in [0.05, 0.1) is 44.5 Å². The number of para-hydroxylation sites is 3. The Morgan fingerprint density at radius 3 is 1.31 bits per heavy atom. The maximum atomic E-state index is 5.24. The zero-order valence-electron chi connectivity index (χ0n) is 29.3. The van der Waals surface area contributed by atoms with Crippen molar-refractivity contribution in [2.45, 2.75) is 0 Å². The normalized spacial score (nSPS) is 11.7. The zero-order chi connectivity index (χ0) is 35.6. The van der Waals surface area contributed by atoms with Crippen molar-refractivity contribution in [3.63, 3.8) is 0 Å². The van der Waals surface area contributed by atoms with Crippen molar-refractivity contribution >= 4 is 54.6 Å². The highest BCUT2D eigenvalue weighted by Gasteiger charge is 2.19. The van der Waals surface area contributed by atoms with Crippen molar-refractivity contribution in [1.29, 1.82) is 0 Å². The van der Waals surface area contributed by atoms with Crippen molar-refractivity contribution in [2.24, 2.45) is 0 Å². The van der Waals surface area contributed by atoms with Gasteiger partial charge in [0.1, 0.15) is 0 Å². The third-order valence-electron chi connectivity index (χ3n) is 10.7. The molecule has 0 saturated heterocycles. The fraction of sp³-hybridized carbons (Fsp3) is 0. The number of fused-ring (bicyclic) bond motifs is 7. The van der Waals surface area contributed by atoms with Gasteiger partial charge in [0.2, 0.25) is 0 Å². The molecule has 0 bridgehead atoms. The number of hydrogen-bond acceptors (Lipinski definition) is 2. The molecule has 3 aromatic heterocycles. The van der Waals surface area contributed by atoms with Crippen LogP contribution in [0.15, 0.2) is 194 Å². The maximum absolute atomic E-state index is 5.24. The first-order valence-electron chi connectivity index (χ1n) is 18.3. The van der Waals surface area contributed by atoms with Crippen LogP contribution < -0.4 is 0 Å². The standard InChI is InChI=1S/C50H32N4/c1-4-14-34(15-5-1)49-50(35-16-6-2-7-17-35)52-44-30-36(26-29-43(44)51-49)33-24-27-38(28-25-33)54-46-23-13-11-21-40(46)42-31-41-39-20-10-12-22-45(39)53(47(41)32-48(42)54)37-18-8-3-9-19-37/h1-32H. The van der Waals surface area contributed by atoms with Crippen LogP contribution in [0.1, 0.15) is 0 Å². The summed E-state index contributed by atoms with van der Waals surface area (Å²) in [4.78, 5) is 10.4. The first-order valence-corrected chi connectivity index (χ1v) is 18.3. The summed E-state index contributed by atoms with van der Waals surface area (Å²) < 4.78 is 4.80. The average Bonchev–Trinajstić information content (AvgIpc) is 3.75. The lowest BCUT2D eigenvalue weighted by atomic mass is 10.0. The van der Waals surface area contributed by atoms with E-state index in [1.54, 1.807) is 0 Å². The van der Waals surface area contributed by atoms with Gasteiger partial charge in [-0.3, -0.25) is 0 Å². The van der Waals surface area contributed by atoms with Crippen molar-refractivity contribution in [2.75, 3.05) is 0 Å². The topological polar surface area (TPSA) is 35.6 Å². The number of benzene rings is 8. The largest absolute Gasteiger partial charge is 0.309 e. The third kappa shape index (κ3) is 4.78. The molecule has 0 amide bonds. The molecule has 0 unspecified atom stereocenters. The van der Waals surface area contributed by atoms with E-state index in [1.165, 1.54) is 43.6 Å². The van der Waals surface area contributed by atoms with E-state index in [0.717, 1.165) is 56.0 Å². The van der Waals surface area contributed by atoms with Crippen molar-refractivity contribution in [1.82, 2.24) is 19.1 Å². The first kappa shape index (κ1) is 30.3. The predicted molar refractivity (Wildman–Crippen MR) is 225 cm³/mol. The Kier molecular flexibility index (Phi) is 6.82. The van der Waals surface area contributed by atoms with Crippen LogP contribution in [0.2, 0.25) is 0 Å². The fourth-order valence-corrected chi connectivity index (χ4v) is 8.20. The predicted octanol–water partition coefficient (Wildman–Crippen LogP) is 12.8. The molecular weight excluding hydrogens is 657 g/mol. The number of rotatable bonds is 5. The Morgan fingerprint density at radius 2 is 0.741 bits per heavy atom. The van der Waals surface area contributed by atoms with Crippen LogP contribution >= 0.6 is 0 Å². The van der Waals surface area contributed by atoms with Gasteiger partial charge in [-0.05, 0) is 71.8 Å². The van der Waals surface area contributed by atoms with Crippen LogP contribution in [0, 0.1) is 0 Å². The van der Waals surface area contributed by atoms with Crippen LogP contribution in [0.5, 0.6) is 0 Å². The molecule has 0 fully saturated rings. The Morgan fingerprint density at radius 1 is 0.278 bits per heavy atom. The summed E-state index contributed by atoms with van der Waals surface area (Å²) in [6.07, 6.45) is 0. The second-order valence-corrected chi connectivity index (χ2v) is 13.8. The molecule has 11 rings (SSSR count). The minimum Gasteiger partial charge on any atom is -0.309 e. The summed E-state index contributed by atoms with van der Waals surface area (Å²) in [6.45, 7) is 0. The lowest BCUT2D eigenvalue weighted by molar-refractivity contribution is 1.16. The van der Waals surface area contributed by atoms with E-state index in [2.05, 4.69) is 179 Å². The van der Waals surface area contributed by atoms with Crippen LogP contribution in [0.25, 0.3) is 99.7 Å². The summed E-state index contributed by atoms with van der Waals surface area (Å²) in [7, 11) is 0. The highest BCUT2D eigenvalue weighted by Crippen LogP contribution is 2.40. The van der Waals surface area contributed by atoms with Gasteiger partial charge in [0, 0.05) is 44.0 Å². The molecule has 8 aromatic carbocycles. The van der Waals surface area contributed by atoms with E-state index >= 15 is 0 Å². The van der Waals surface area contributed by atoms with Crippen LogP contribution in [0.3, 0.4) is 0 Å². The highest BCUT2D eigenvalue weighted by atomic mass is 15.0. The Labute approximate surface area is 311 Å². The third-order valence-corrected chi connectivity index (χ3v) is 10.7. The second kappa shape index (κ2) is 12.1. The molecule has 4 heteroatoms. The fourth-order valence-electron chi connectivity index (χ4n) is 8.20. The van der Waals surface area contributed by atoms with Crippen molar-refractivity contribution in [3.8, 4) is 45.0 Å². The Balaban J connectivity index is 1.06. The van der Waals surface area contributed by atoms with E-state index in [1.807, 2.05) is 24.3 Å². The summed E-state index contributed by atoms with van der Waals surface area (Å²) in [5.41, 5.74) is 14.9. The molecule has 0 N–H and O–H groups in total.